The number of hydroxylamine groups is 1. The maximum atomic E-state index is 12.2. The Labute approximate surface area is 105 Å². The molecule has 1 saturated carbocycles. The molecule has 1 heterocycles. The molecule has 0 bridgehead atoms. The van der Waals surface area contributed by atoms with E-state index in [1.165, 1.54) is 21.3 Å². The van der Waals surface area contributed by atoms with Gasteiger partial charge in [-0.3, -0.25) is 9.40 Å². The Balaban J connectivity index is 2.54. The second-order valence-electron chi connectivity index (χ2n) is 4.52. The van der Waals surface area contributed by atoms with Crippen molar-refractivity contribution >= 4 is 5.95 Å². The molecule has 0 spiro atoms. The largest absolute Gasteiger partial charge is 0.355 e. The first-order valence-electron chi connectivity index (χ1n) is 6.03. The highest BCUT2D eigenvalue weighted by atomic mass is 16.7. The van der Waals surface area contributed by atoms with Gasteiger partial charge >= 0.3 is 11.4 Å². The summed E-state index contributed by atoms with van der Waals surface area (Å²) in [6.07, 6.45) is 3.85. The third kappa shape index (κ3) is 2.05. The fourth-order valence-electron chi connectivity index (χ4n) is 2.38. The first-order valence-corrected chi connectivity index (χ1v) is 6.03. The Morgan fingerprint density at radius 3 is 2.50 bits per heavy atom. The van der Waals surface area contributed by atoms with Gasteiger partial charge in [0.15, 0.2) is 0 Å². The molecule has 0 aliphatic heterocycles. The van der Waals surface area contributed by atoms with Crippen LogP contribution >= 0.6 is 0 Å². The molecular formula is C11H18N4O3. The standard InChI is InChI=1S/C11H18N4O3/c1-13-9(14(2)18-3)12-10(16)15(11(13)17)8-6-4-5-7-8/h8H,4-7H2,1-3H3. The fraction of sp³-hybridized carbons (Fsp3) is 0.727. The van der Waals surface area contributed by atoms with Crippen LogP contribution in [0.5, 0.6) is 0 Å². The molecule has 0 amide bonds. The molecule has 0 unspecified atom stereocenters. The zero-order valence-corrected chi connectivity index (χ0v) is 10.9. The summed E-state index contributed by atoms with van der Waals surface area (Å²) in [5.74, 6) is 0.210. The van der Waals surface area contributed by atoms with Crippen molar-refractivity contribution in [1.29, 1.82) is 0 Å². The zero-order chi connectivity index (χ0) is 13.3. The maximum Gasteiger partial charge on any atom is 0.355 e. The Bertz CT molecular complexity index is 542. The molecule has 0 aromatic carbocycles. The Hall–Kier alpha value is -1.63. The molecule has 0 saturated heterocycles. The summed E-state index contributed by atoms with van der Waals surface area (Å²) in [6.45, 7) is 0. The highest BCUT2D eigenvalue weighted by Crippen LogP contribution is 2.26. The number of aromatic nitrogens is 3. The lowest BCUT2D eigenvalue weighted by Gasteiger charge is -2.19. The van der Waals surface area contributed by atoms with Crippen LogP contribution in [0.4, 0.5) is 5.95 Å². The molecule has 1 aliphatic carbocycles. The van der Waals surface area contributed by atoms with E-state index in [-0.39, 0.29) is 17.7 Å². The molecule has 1 fully saturated rings. The minimum Gasteiger partial charge on any atom is -0.274 e. The Morgan fingerprint density at radius 1 is 1.33 bits per heavy atom. The van der Waals surface area contributed by atoms with Gasteiger partial charge in [0, 0.05) is 20.1 Å². The van der Waals surface area contributed by atoms with Gasteiger partial charge in [0.2, 0.25) is 5.95 Å². The molecule has 7 nitrogen and oxygen atoms in total. The zero-order valence-electron chi connectivity index (χ0n) is 10.9. The summed E-state index contributed by atoms with van der Waals surface area (Å²) in [7, 11) is 4.64. The molecule has 0 atom stereocenters. The normalized spacial score (nSPS) is 16.2. The topological polar surface area (TPSA) is 69.4 Å². The fourth-order valence-corrected chi connectivity index (χ4v) is 2.38. The van der Waals surface area contributed by atoms with Crippen LogP contribution in [0.1, 0.15) is 31.7 Å². The van der Waals surface area contributed by atoms with E-state index < -0.39 is 5.69 Å². The van der Waals surface area contributed by atoms with E-state index in [9.17, 15) is 9.59 Å². The van der Waals surface area contributed by atoms with E-state index in [0.717, 1.165) is 25.7 Å². The van der Waals surface area contributed by atoms with Crippen molar-refractivity contribution in [2.75, 3.05) is 19.2 Å². The van der Waals surface area contributed by atoms with Crippen LogP contribution in [-0.4, -0.2) is 28.3 Å². The van der Waals surface area contributed by atoms with E-state index in [0.29, 0.717) is 0 Å². The van der Waals surface area contributed by atoms with E-state index in [1.807, 2.05) is 0 Å². The summed E-state index contributed by atoms with van der Waals surface area (Å²) in [5.41, 5.74) is -0.829. The number of nitrogens with zero attached hydrogens (tertiary/aromatic N) is 4. The Morgan fingerprint density at radius 2 is 1.94 bits per heavy atom. The van der Waals surface area contributed by atoms with Crippen LogP contribution < -0.4 is 16.4 Å². The smallest absolute Gasteiger partial charge is 0.274 e. The van der Waals surface area contributed by atoms with Crippen molar-refractivity contribution in [1.82, 2.24) is 14.1 Å². The lowest BCUT2D eigenvalue weighted by molar-refractivity contribution is 0.176. The monoisotopic (exact) mass is 254 g/mol. The van der Waals surface area contributed by atoms with Gasteiger partial charge in [-0.05, 0) is 12.8 Å². The molecular weight excluding hydrogens is 236 g/mol. The molecule has 1 aromatic rings. The predicted octanol–water partition coefficient (Wildman–Crippen LogP) is 0.0547. The quantitative estimate of drug-likeness (QED) is 0.713. The summed E-state index contributed by atoms with van der Waals surface area (Å²) in [5, 5.41) is 1.29. The average Bonchev–Trinajstić information content (AvgIpc) is 2.86. The number of hydrogen-bond acceptors (Lipinski definition) is 5. The van der Waals surface area contributed by atoms with Crippen LogP contribution in [-0.2, 0) is 11.9 Å². The molecule has 0 N–H and O–H groups in total. The summed E-state index contributed by atoms with van der Waals surface area (Å²) in [4.78, 5) is 33.1. The molecule has 7 heteroatoms. The SMILES string of the molecule is CON(C)c1nc(=O)n(C2CCCC2)c(=O)n1C. The van der Waals surface area contributed by atoms with Crippen molar-refractivity contribution in [3.8, 4) is 0 Å². The number of rotatable bonds is 3. The molecule has 18 heavy (non-hydrogen) atoms. The van der Waals surface area contributed by atoms with Crippen LogP contribution in [0, 0.1) is 0 Å². The minimum absolute atomic E-state index is 0.00870. The number of hydrogen-bond donors (Lipinski definition) is 0. The molecule has 0 radical (unpaired) electrons. The van der Waals surface area contributed by atoms with Crippen molar-refractivity contribution in [2.24, 2.45) is 7.05 Å². The van der Waals surface area contributed by atoms with Gasteiger partial charge in [0.1, 0.15) is 0 Å². The first kappa shape index (κ1) is 12.8. The Kier molecular flexibility index (Phi) is 3.51. The van der Waals surface area contributed by atoms with Crippen LogP contribution in [0.2, 0.25) is 0 Å². The molecule has 100 valence electrons. The van der Waals surface area contributed by atoms with E-state index in [1.54, 1.807) is 14.1 Å². The second-order valence-corrected chi connectivity index (χ2v) is 4.52. The summed E-state index contributed by atoms with van der Waals surface area (Å²) < 4.78 is 2.60. The van der Waals surface area contributed by atoms with Gasteiger partial charge < -0.3 is 0 Å². The predicted molar refractivity (Wildman–Crippen MR) is 66.7 cm³/mol. The van der Waals surface area contributed by atoms with Gasteiger partial charge in [-0.1, -0.05) is 12.8 Å². The maximum absolute atomic E-state index is 12.2. The van der Waals surface area contributed by atoms with Crippen molar-refractivity contribution in [2.45, 2.75) is 31.7 Å². The minimum atomic E-state index is -0.496. The van der Waals surface area contributed by atoms with Gasteiger partial charge in [-0.15, -0.1) is 0 Å². The van der Waals surface area contributed by atoms with Crippen LogP contribution in [0.3, 0.4) is 0 Å². The second kappa shape index (κ2) is 4.93. The number of anilines is 1. The lowest BCUT2D eigenvalue weighted by atomic mass is 10.2. The lowest BCUT2D eigenvalue weighted by Crippen LogP contribution is -2.44. The van der Waals surface area contributed by atoms with Crippen molar-refractivity contribution in [3.05, 3.63) is 21.0 Å². The van der Waals surface area contributed by atoms with Gasteiger partial charge in [-0.2, -0.15) is 4.98 Å². The first-order chi connectivity index (χ1) is 8.56. The third-order valence-corrected chi connectivity index (χ3v) is 3.44. The van der Waals surface area contributed by atoms with Crippen LogP contribution in [0.25, 0.3) is 0 Å². The van der Waals surface area contributed by atoms with Crippen LogP contribution in [0.15, 0.2) is 9.59 Å². The third-order valence-electron chi connectivity index (χ3n) is 3.44. The van der Waals surface area contributed by atoms with Gasteiger partial charge in [-0.25, -0.2) is 19.2 Å². The summed E-state index contributed by atoms with van der Waals surface area (Å²) >= 11 is 0. The average molecular weight is 254 g/mol. The highest BCUT2D eigenvalue weighted by molar-refractivity contribution is 5.23. The highest BCUT2D eigenvalue weighted by Gasteiger charge is 2.23. The summed E-state index contributed by atoms with van der Waals surface area (Å²) in [6, 6.07) is -0.00870. The molecule has 1 aromatic heterocycles. The molecule has 1 aliphatic rings. The van der Waals surface area contributed by atoms with Gasteiger partial charge in [0.05, 0.1) is 7.11 Å². The van der Waals surface area contributed by atoms with E-state index in [4.69, 9.17) is 4.84 Å². The van der Waals surface area contributed by atoms with E-state index in [2.05, 4.69) is 4.98 Å². The van der Waals surface area contributed by atoms with E-state index >= 15 is 0 Å². The van der Waals surface area contributed by atoms with Crippen molar-refractivity contribution < 1.29 is 4.84 Å². The molecule has 2 rings (SSSR count). The van der Waals surface area contributed by atoms with Gasteiger partial charge in [0.25, 0.3) is 0 Å². The van der Waals surface area contributed by atoms with Crippen molar-refractivity contribution in [3.63, 3.8) is 0 Å².